The van der Waals surface area contributed by atoms with Crippen LogP contribution < -0.4 is 0 Å². The number of ketones is 1. The number of aliphatic hydroxyl groups is 1. The molecular formula is C31H46O5. The molecule has 2 fully saturated rings. The molecule has 36 heavy (non-hydrogen) atoms. The summed E-state index contributed by atoms with van der Waals surface area (Å²) < 4.78 is 5.50. The number of allylic oxidation sites excluding steroid dienone is 3. The molecule has 0 radical (unpaired) electrons. The van der Waals surface area contributed by atoms with Crippen molar-refractivity contribution in [1.82, 2.24) is 0 Å². The average Bonchev–Trinajstić information content (AvgIpc) is 3.07. The molecule has 4 rings (SSSR count). The van der Waals surface area contributed by atoms with Crippen molar-refractivity contribution >= 4 is 18.5 Å². The van der Waals surface area contributed by atoms with Crippen molar-refractivity contribution in [1.29, 1.82) is 0 Å². The van der Waals surface area contributed by atoms with Gasteiger partial charge >= 0.3 is 0 Å². The van der Waals surface area contributed by atoms with Crippen LogP contribution in [0.3, 0.4) is 0 Å². The highest BCUT2D eigenvalue weighted by Gasteiger charge is 2.67. The molecule has 0 heterocycles. The first kappa shape index (κ1) is 27.3. The van der Waals surface area contributed by atoms with E-state index in [9.17, 15) is 19.5 Å². The lowest BCUT2D eigenvalue weighted by Crippen LogP contribution is -2.60. The Labute approximate surface area is 217 Å². The zero-order valence-corrected chi connectivity index (χ0v) is 23.4. The Hall–Kier alpha value is -1.75. The van der Waals surface area contributed by atoms with Gasteiger partial charge in [0, 0.05) is 17.4 Å². The van der Waals surface area contributed by atoms with Gasteiger partial charge in [-0.05, 0) is 97.0 Å². The zero-order chi connectivity index (χ0) is 26.7. The van der Waals surface area contributed by atoms with Gasteiger partial charge in [-0.1, -0.05) is 47.6 Å². The van der Waals surface area contributed by atoms with Gasteiger partial charge in [0.05, 0.1) is 6.10 Å². The maximum atomic E-state index is 14.1. The summed E-state index contributed by atoms with van der Waals surface area (Å²) in [6.45, 7) is 15.8. The third kappa shape index (κ3) is 3.78. The molecule has 0 bridgehead atoms. The molecule has 4 aliphatic rings. The summed E-state index contributed by atoms with van der Waals surface area (Å²) in [6.07, 6.45) is 8.67. The van der Waals surface area contributed by atoms with Crippen LogP contribution in [-0.4, -0.2) is 35.9 Å². The van der Waals surface area contributed by atoms with E-state index in [4.69, 9.17) is 4.74 Å². The van der Waals surface area contributed by atoms with E-state index in [1.165, 1.54) is 0 Å². The van der Waals surface area contributed by atoms with Gasteiger partial charge in [-0.2, -0.15) is 0 Å². The number of hydrogen-bond donors (Lipinski definition) is 1. The Morgan fingerprint density at radius 3 is 2.47 bits per heavy atom. The highest BCUT2D eigenvalue weighted by atomic mass is 16.5. The maximum absolute atomic E-state index is 14.1. The minimum Gasteiger partial charge on any atom is -0.464 e. The van der Waals surface area contributed by atoms with Gasteiger partial charge < -0.3 is 9.84 Å². The first-order chi connectivity index (χ1) is 16.8. The molecule has 1 N–H and O–H groups in total. The molecule has 0 saturated heterocycles. The highest BCUT2D eigenvalue weighted by Crippen LogP contribution is 2.71. The number of ether oxygens (including phenoxy) is 1. The number of fused-ring (bicyclic) bond motifs is 4. The van der Waals surface area contributed by atoms with Crippen LogP contribution in [0.2, 0.25) is 0 Å². The van der Waals surface area contributed by atoms with Crippen molar-refractivity contribution in [2.24, 2.45) is 39.4 Å². The molecule has 2 saturated carbocycles. The molecule has 8 unspecified atom stereocenters. The van der Waals surface area contributed by atoms with E-state index in [0.29, 0.717) is 31.1 Å². The summed E-state index contributed by atoms with van der Waals surface area (Å²) in [6, 6.07) is 0. The molecular weight excluding hydrogens is 452 g/mol. The van der Waals surface area contributed by atoms with Gasteiger partial charge in [-0.15, -0.1) is 0 Å². The molecule has 4 aliphatic carbocycles. The third-order valence-electron chi connectivity index (χ3n) is 11.7. The fourth-order valence-electron chi connectivity index (χ4n) is 9.51. The molecule has 0 aromatic heterocycles. The van der Waals surface area contributed by atoms with Gasteiger partial charge in [-0.3, -0.25) is 14.4 Å². The first-order valence-corrected chi connectivity index (χ1v) is 14.0. The van der Waals surface area contributed by atoms with Crippen LogP contribution in [0.5, 0.6) is 0 Å². The van der Waals surface area contributed by atoms with E-state index in [1.807, 2.05) is 13.0 Å². The molecule has 0 amide bonds. The van der Waals surface area contributed by atoms with Crippen molar-refractivity contribution in [3.05, 3.63) is 22.8 Å². The molecule has 5 nitrogen and oxygen atoms in total. The van der Waals surface area contributed by atoms with Crippen LogP contribution in [0, 0.1) is 39.4 Å². The van der Waals surface area contributed by atoms with Gasteiger partial charge in [0.1, 0.15) is 12.4 Å². The fraction of sp³-hybridized carbons (Fsp3) is 0.774. The Balaban J connectivity index is 1.72. The number of Topliss-reactive ketones (excluding diaryl/α,β-unsaturated/α-hetero) is 1. The largest absolute Gasteiger partial charge is 0.464 e. The monoisotopic (exact) mass is 498 g/mol. The number of aldehydes is 1. The van der Waals surface area contributed by atoms with Crippen molar-refractivity contribution in [2.45, 2.75) is 112 Å². The minimum atomic E-state index is -0.645. The lowest BCUT2D eigenvalue weighted by atomic mass is 9.42. The highest BCUT2D eigenvalue weighted by molar-refractivity contribution is 6.00. The Morgan fingerprint density at radius 1 is 1.14 bits per heavy atom. The standard InChI is InChI=1S/C31H46O5/c1-19(17-32)9-8-10-20(2)21-11-14-30(6)27-22(34)15-24-28(3,4)25(36-18-33)12-13-29(24,5)26(27)23(35)16-31(21,30)7/h9,17-18,20-22,24-25,34H,8,10-16H2,1-7H3. The van der Waals surface area contributed by atoms with Crippen LogP contribution in [0.15, 0.2) is 22.8 Å². The summed E-state index contributed by atoms with van der Waals surface area (Å²) in [5, 5.41) is 11.7. The van der Waals surface area contributed by atoms with Gasteiger partial charge in [0.2, 0.25) is 0 Å². The van der Waals surface area contributed by atoms with Gasteiger partial charge in [-0.25, -0.2) is 0 Å². The van der Waals surface area contributed by atoms with E-state index >= 15 is 0 Å². The average molecular weight is 499 g/mol. The van der Waals surface area contributed by atoms with Crippen molar-refractivity contribution in [2.75, 3.05) is 0 Å². The van der Waals surface area contributed by atoms with Crippen molar-refractivity contribution in [3.63, 3.8) is 0 Å². The fourth-order valence-corrected chi connectivity index (χ4v) is 9.51. The number of aliphatic hydroxyl groups excluding tert-OH is 1. The molecule has 5 heteroatoms. The SMILES string of the molecule is CC(C=O)=CCCC(C)C1CCC2(C)C3=C(C(=O)CC12C)C1(C)CCC(OC=O)C(C)(C)C1CC3O. The van der Waals surface area contributed by atoms with Crippen LogP contribution >= 0.6 is 0 Å². The number of carbonyl (C=O) groups excluding carboxylic acids is 3. The zero-order valence-electron chi connectivity index (χ0n) is 23.4. The lowest BCUT2D eigenvalue weighted by molar-refractivity contribution is -0.160. The predicted molar refractivity (Wildman–Crippen MR) is 140 cm³/mol. The quantitative estimate of drug-likeness (QED) is 0.344. The summed E-state index contributed by atoms with van der Waals surface area (Å²) in [4.78, 5) is 36.3. The number of carbonyl (C=O) groups is 3. The summed E-state index contributed by atoms with van der Waals surface area (Å²) in [5.74, 6) is 1.12. The number of hydrogen-bond acceptors (Lipinski definition) is 5. The van der Waals surface area contributed by atoms with Crippen LogP contribution in [0.1, 0.15) is 99.8 Å². The third-order valence-corrected chi connectivity index (χ3v) is 11.7. The van der Waals surface area contributed by atoms with E-state index in [1.54, 1.807) is 0 Å². The molecule has 0 aromatic rings. The van der Waals surface area contributed by atoms with Gasteiger partial charge in [0.15, 0.2) is 5.78 Å². The first-order valence-electron chi connectivity index (χ1n) is 14.0. The van der Waals surface area contributed by atoms with E-state index < -0.39 is 6.10 Å². The predicted octanol–water partition coefficient (Wildman–Crippen LogP) is 5.99. The van der Waals surface area contributed by atoms with Crippen LogP contribution in [-0.2, 0) is 19.1 Å². The smallest absolute Gasteiger partial charge is 0.293 e. The molecule has 0 aliphatic heterocycles. The maximum Gasteiger partial charge on any atom is 0.293 e. The minimum absolute atomic E-state index is 0.0679. The molecule has 0 spiro atoms. The van der Waals surface area contributed by atoms with Gasteiger partial charge in [0.25, 0.3) is 6.47 Å². The van der Waals surface area contributed by atoms with E-state index in [-0.39, 0.29) is 39.5 Å². The van der Waals surface area contributed by atoms with Crippen molar-refractivity contribution in [3.8, 4) is 0 Å². The van der Waals surface area contributed by atoms with Crippen LogP contribution in [0.4, 0.5) is 0 Å². The summed E-state index contributed by atoms with van der Waals surface area (Å²) >= 11 is 0. The van der Waals surface area contributed by atoms with Crippen molar-refractivity contribution < 1.29 is 24.2 Å². The van der Waals surface area contributed by atoms with Crippen LogP contribution in [0.25, 0.3) is 0 Å². The second-order valence-corrected chi connectivity index (χ2v) is 13.7. The second kappa shape index (κ2) is 9.22. The topological polar surface area (TPSA) is 80.7 Å². The normalized spacial score (nSPS) is 42.8. The molecule has 0 aromatic carbocycles. The molecule has 8 atom stereocenters. The lowest BCUT2D eigenvalue weighted by Gasteiger charge is -2.62. The Kier molecular flexibility index (Phi) is 6.99. The van der Waals surface area contributed by atoms with E-state index in [2.05, 4.69) is 41.5 Å². The number of rotatable bonds is 7. The second-order valence-electron chi connectivity index (χ2n) is 13.7. The Bertz CT molecular complexity index is 991. The molecule has 200 valence electrons. The van der Waals surface area contributed by atoms with E-state index in [0.717, 1.165) is 61.5 Å². The Morgan fingerprint density at radius 2 is 1.83 bits per heavy atom. The summed E-state index contributed by atoms with van der Waals surface area (Å²) in [7, 11) is 0. The summed E-state index contributed by atoms with van der Waals surface area (Å²) in [5.41, 5.74) is 1.66.